The van der Waals surface area contributed by atoms with Crippen molar-refractivity contribution in [1.82, 2.24) is 14.9 Å². The Morgan fingerprint density at radius 3 is 2.73 bits per heavy atom. The molecule has 0 spiro atoms. The summed E-state index contributed by atoms with van der Waals surface area (Å²) in [4.78, 5) is 21.9. The molecule has 2 aromatic rings. The van der Waals surface area contributed by atoms with Crippen molar-refractivity contribution in [3.05, 3.63) is 18.2 Å². The molecular weight excluding hydrogens is 298 g/mol. The maximum Gasteiger partial charge on any atom is 0.235 e. The van der Waals surface area contributed by atoms with Gasteiger partial charge < -0.3 is 14.6 Å². The summed E-state index contributed by atoms with van der Waals surface area (Å²) in [5, 5.41) is 0.600. The number of ether oxygens (including phenoxy) is 1. The first-order valence-electron chi connectivity index (χ1n) is 7.67. The average Bonchev–Trinajstić information content (AvgIpc) is 2.90. The van der Waals surface area contributed by atoms with Crippen molar-refractivity contribution in [2.45, 2.75) is 38.1 Å². The lowest BCUT2D eigenvalue weighted by Gasteiger charge is -2.21. The summed E-state index contributed by atoms with van der Waals surface area (Å²) in [6, 6.07) is 5.77. The number of carbonyl (C=O) groups excluding carboxylic acids is 1. The summed E-state index contributed by atoms with van der Waals surface area (Å²) in [6.45, 7) is 9.97. The summed E-state index contributed by atoms with van der Waals surface area (Å²) in [5.41, 5.74) is 1.81. The summed E-state index contributed by atoms with van der Waals surface area (Å²) < 4.78 is 5.49. The Bertz CT molecular complexity index is 637. The fraction of sp³-hybridized carbons (Fsp3) is 0.500. The third-order valence-corrected chi connectivity index (χ3v) is 4.43. The zero-order valence-electron chi connectivity index (χ0n) is 13.5. The van der Waals surface area contributed by atoms with Crippen LogP contribution in [0.4, 0.5) is 0 Å². The minimum absolute atomic E-state index is 0.144. The maximum absolute atomic E-state index is 12.3. The first kappa shape index (κ1) is 16.7. The standard InChI is InChI=1S/C16H23N3O2S/c1-5-19(6-2)15(20)11(4)22-16-17-13-9-8-12(21-7-3)10-14(13)18-16/h8-11H,5-7H2,1-4H3,(H,17,18). The van der Waals surface area contributed by atoms with E-state index in [9.17, 15) is 4.79 Å². The van der Waals surface area contributed by atoms with E-state index in [4.69, 9.17) is 4.74 Å². The molecule has 0 aliphatic heterocycles. The van der Waals surface area contributed by atoms with Gasteiger partial charge in [-0.05, 0) is 39.8 Å². The highest BCUT2D eigenvalue weighted by molar-refractivity contribution is 8.00. The molecular formula is C16H23N3O2S. The number of H-pyrrole nitrogens is 1. The zero-order chi connectivity index (χ0) is 16.1. The van der Waals surface area contributed by atoms with Crippen LogP contribution in [-0.2, 0) is 4.79 Å². The third kappa shape index (κ3) is 3.74. The number of imidazole rings is 1. The van der Waals surface area contributed by atoms with Crippen LogP contribution in [0.25, 0.3) is 11.0 Å². The number of aromatic nitrogens is 2. The molecule has 1 aromatic carbocycles. The van der Waals surface area contributed by atoms with Crippen molar-refractivity contribution in [1.29, 1.82) is 0 Å². The third-order valence-electron chi connectivity index (χ3n) is 3.45. The molecule has 1 unspecified atom stereocenters. The van der Waals surface area contributed by atoms with E-state index in [0.717, 1.165) is 35.0 Å². The topological polar surface area (TPSA) is 58.2 Å². The number of amides is 1. The SMILES string of the molecule is CCOc1ccc2nc(SC(C)C(=O)N(CC)CC)[nH]c2c1. The number of thioether (sulfide) groups is 1. The first-order valence-corrected chi connectivity index (χ1v) is 8.55. The van der Waals surface area contributed by atoms with Gasteiger partial charge in [0.1, 0.15) is 5.75 Å². The Hall–Kier alpha value is -1.69. The van der Waals surface area contributed by atoms with E-state index in [1.54, 1.807) is 0 Å². The van der Waals surface area contributed by atoms with Gasteiger partial charge in [-0.2, -0.15) is 0 Å². The lowest BCUT2D eigenvalue weighted by Crippen LogP contribution is -2.36. The van der Waals surface area contributed by atoms with Gasteiger partial charge in [0.2, 0.25) is 5.91 Å². The van der Waals surface area contributed by atoms with Crippen molar-refractivity contribution >= 4 is 28.7 Å². The first-order chi connectivity index (χ1) is 10.6. The van der Waals surface area contributed by atoms with Crippen LogP contribution in [0.1, 0.15) is 27.7 Å². The van der Waals surface area contributed by atoms with Crippen molar-refractivity contribution in [2.75, 3.05) is 19.7 Å². The number of hydrogen-bond donors (Lipinski definition) is 1. The van der Waals surface area contributed by atoms with E-state index in [-0.39, 0.29) is 11.2 Å². The highest BCUT2D eigenvalue weighted by atomic mass is 32.2. The molecule has 0 saturated carbocycles. The van der Waals surface area contributed by atoms with Gasteiger partial charge in [0.25, 0.3) is 0 Å². The van der Waals surface area contributed by atoms with Crippen molar-refractivity contribution in [3.63, 3.8) is 0 Å². The minimum Gasteiger partial charge on any atom is -0.494 e. The Morgan fingerprint density at radius 1 is 1.36 bits per heavy atom. The predicted octanol–water partition coefficient (Wildman–Crippen LogP) is 3.31. The molecule has 0 fully saturated rings. The van der Waals surface area contributed by atoms with Crippen LogP contribution >= 0.6 is 11.8 Å². The molecule has 0 aliphatic rings. The van der Waals surface area contributed by atoms with Gasteiger partial charge in [-0.1, -0.05) is 11.8 Å². The van der Waals surface area contributed by atoms with Crippen molar-refractivity contribution < 1.29 is 9.53 Å². The van der Waals surface area contributed by atoms with Crippen LogP contribution in [0.15, 0.2) is 23.4 Å². The predicted molar refractivity (Wildman–Crippen MR) is 90.5 cm³/mol. The van der Waals surface area contributed by atoms with Crippen LogP contribution in [0.2, 0.25) is 0 Å². The fourth-order valence-corrected chi connectivity index (χ4v) is 3.19. The maximum atomic E-state index is 12.3. The molecule has 1 N–H and O–H groups in total. The van der Waals surface area contributed by atoms with Crippen LogP contribution < -0.4 is 4.74 Å². The number of carbonyl (C=O) groups is 1. The molecule has 0 saturated heterocycles. The van der Waals surface area contributed by atoms with Crippen LogP contribution in [0.5, 0.6) is 5.75 Å². The average molecular weight is 321 g/mol. The van der Waals surface area contributed by atoms with Gasteiger partial charge in [-0.3, -0.25) is 4.79 Å². The molecule has 6 heteroatoms. The normalized spacial score (nSPS) is 12.4. The molecule has 1 atom stereocenters. The Balaban J connectivity index is 2.12. The van der Waals surface area contributed by atoms with Gasteiger partial charge in [0, 0.05) is 19.2 Å². The molecule has 120 valence electrons. The number of nitrogens with zero attached hydrogens (tertiary/aromatic N) is 2. The summed E-state index contributed by atoms with van der Waals surface area (Å²) in [5.74, 6) is 0.966. The van der Waals surface area contributed by atoms with E-state index in [1.807, 2.05) is 50.8 Å². The number of benzene rings is 1. The number of hydrogen-bond acceptors (Lipinski definition) is 4. The quantitative estimate of drug-likeness (QED) is 0.795. The molecule has 2 rings (SSSR count). The second-order valence-electron chi connectivity index (χ2n) is 4.92. The number of rotatable bonds is 7. The van der Waals surface area contributed by atoms with E-state index in [2.05, 4.69) is 9.97 Å². The number of aromatic amines is 1. The minimum atomic E-state index is -0.160. The monoisotopic (exact) mass is 321 g/mol. The lowest BCUT2D eigenvalue weighted by atomic mass is 10.3. The highest BCUT2D eigenvalue weighted by Crippen LogP contribution is 2.26. The van der Waals surface area contributed by atoms with E-state index < -0.39 is 0 Å². The van der Waals surface area contributed by atoms with Crippen LogP contribution in [0.3, 0.4) is 0 Å². The zero-order valence-corrected chi connectivity index (χ0v) is 14.4. The van der Waals surface area contributed by atoms with Crippen molar-refractivity contribution in [3.8, 4) is 5.75 Å². The Kier molecular flexibility index (Phi) is 5.71. The second-order valence-corrected chi connectivity index (χ2v) is 6.25. The van der Waals surface area contributed by atoms with Gasteiger partial charge in [-0.25, -0.2) is 4.98 Å². The van der Waals surface area contributed by atoms with Gasteiger partial charge in [-0.15, -0.1) is 0 Å². The summed E-state index contributed by atoms with van der Waals surface area (Å²) >= 11 is 1.46. The van der Waals surface area contributed by atoms with Crippen LogP contribution in [0, 0.1) is 0 Å². The molecule has 0 radical (unpaired) electrons. The van der Waals surface area contributed by atoms with E-state index in [0.29, 0.717) is 6.61 Å². The molecule has 0 bridgehead atoms. The largest absolute Gasteiger partial charge is 0.494 e. The highest BCUT2D eigenvalue weighted by Gasteiger charge is 2.20. The van der Waals surface area contributed by atoms with Crippen molar-refractivity contribution in [2.24, 2.45) is 0 Å². The molecule has 5 nitrogen and oxygen atoms in total. The Morgan fingerprint density at radius 2 is 2.09 bits per heavy atom. The second kappa shape index (κ2) is 7.54. The number of nitrogens with one attached hydrogen (secondary N) is 1. The lowest BCUT2D eigenvalue weighted by molar-refractivity contribution is -0.129. The Labute approximate surface area is 135 Å². The van der Waals surface area contributed by atoms with Gasteiger partial charge in [0.05, 0.1) is 22.9 Å². The van der Waals surface area contributed by atoms with Crippen LogP contribution in [-0.4, -0.2) is 45.7 Å². The smallest absolute Gasteiger partial charge is 0.235 e. The molecule has 0 aliphatic carbocycles. The summed E-state index contributed by atoms with van der Waals surface area (Å²) in [6.07, 6.45) is 0. The molecule has 1 amide bonds. The fourth-order valence-electron chi connectivity index (χ4n) is 2.29. The van der Waals surface area contributed by atoms with E-state index in [1.165, 1.54) is 11.8 Å². The van der Waals surface area contributed by atoms with Gasteiger partial charge in [0.15, 0.2) is 5.16 Å². The molecule has 1 heterocycles. The van der Waals surface area contributed by atoms with Gasteiger partial charge >= 0.3 is 0 Å². The van der Waals surface area contributed by atoms with E-state index >= 15 is 0 Å². The summed E-state index contributed by atoms with van der Waals surface area (Å²) in [7, 11) is 0. The molecule has 22 heavy (non-hydrogen) atoms. The number of fused-ring (bicyclic) bond motifs is 1. The molecule has 1 aromatic heterocycles.